The molecule has 6 aromatic carbocycles. The van der Waals surface area contributed by atoms with Crippen molar-refractivity contribution in [2.24, 2.45) is 0 Å². The zero-order chi connectivity index (χ0) is 29.2. The highest BCUT2D eigenvalue weighted by Crippen LogP contribution is 2.42. The standard InChI is InChI=1S/C39H25N3OS/c1-23-21-24-11-2-3-12-25(24)22-31(23)26-13-4-7-18-32(26)40-39-37-35(29-15-6-9-20-34(29)44-37)41-38(42-39)30-17-10-16-28-27-14-5-8-19-33(27)43-36(28)30/h2-22H,1H3,(H,40,41,42). The van der Waals surface area contributed by atoms with Crippen molar-refractivity contribution in [3.8, 4) is 22.5 Å². The molecule has 0 atom stereocenters. The van der Waals surface area contributed by atoms with Crippen LogP contribution in [0.25, 0.3) is 75.5 Å². The van der Waals surface area contributed by atoms with Gasteiger partial charge in [-0.1, -0.05) is 97.1 Å². The van der Waals surface area contributed by atoms with E-state index in [1.54, 1.807) is 11.3 Å². The van der Waals surface area contributed by atoms with Crippen LogP contribution in [0, 0.1) is 6.92 Å². The SMILES string of the molecule is Cc1cc2ccccc2cc1-c1ccccc1Nc1nc(-c2cccc3c2oc2ccccc23)nc2c1sc1ccccc12. The maximum absolute atomic E-state index is 6.40. The normalized spacial score (nSPS) is 11.8. The molecule has 0 aliphatic rings. The summed E-state index contributed by atoms with van der Waals surface area (Å²) in [4.78, 5) is 10.4. The number of aryl methyl sites for hydroxylation is 1. The number of hydrogen-bond donors (Lipinski definition) is 1. The number of nitrogens with one attached hydrogen (secondary N) is 1. The quantitative estimate of drug-likeness (QED) is 0.224. The molecule has 0 unspecified atom stereocenters. The van der Waals surface area contributed by atoms with Crippen LogP contribution in [0.5, 0.6) is 0 Å². The van der Waals surface area contributed by atoms with Gasteiger partial charge < -0.3 is 9.73 Å². The first-order valence-electron chi connectivity index (χ1n) is 14.7. The Bertz CT molecular complexity index is 2560. The van der Waals surface area contributed by atoms with Gasteiger partial charge in [0.2, 0.25) is 0 Å². The predicted molar refractivity (Wildman–Crippen MR) is 185 cm³/mol. The molecule has 0 bridgehead atoms. The fourth-order valence-corrected chi connectivity index (χ4v) is 7.41. The van der Waals surface area contributed by atoms with Gasteiger partial charge in [0.25, 0.3) is 0 Å². The summed E-state index contributed by atoms with van der Waals surface area (Å²) in [5.74, 6) is 1.41. The van der Waals surface area contributed by atoms with Crippen LogP contribution in [0.15, 0.2) is 132 Å². The summed E-state index contributed by atoms with van der Waals surface area (Å²) in [6, 6.07) is 44.3. The van der Waals surface area contributed by atoms with Crippen molar-refractivity contribution in [3.63, 3.8) is 0 Å². The van der Waals surface area contributed by atoms with E-state index in [1.165, 1.54) is 26.6 Å². The van der Waals surface area contributed by atoms with Crippen molar-refractivity contribution in [2.75, 3.05) is 5.32 Å². The first-order chi connectivity index (χ1) is 21.7. The number of para-hydroxylation sites is 3. The van der Waals surface area contributed by atoms with Gasteiger partial charge >= 0.3 is 0 Å². The van der Waals surface area contributed by atoms with Gasteiger partial charge in [0.05, 0.1) is 15.8 Å². The molecule has 9 aromatic rings. The van der Waals surface area contributed by atoms with Crippen LogP contribution in [-0.2, 0) is 0 Å². The van der Waals surface area contributed by atoms with Gasteiger partial charge in [0.15, 0.2) is 11.6 Å². The molecule has 4 nitrogen and oxygen atoms in total. The Morgan fingerprint density at radius 2 is 1.32 bits per heavy atom. The summed E-state index contributed by atoms with van der Waals surface area (Å²) in [6.45, 7) is 2.18. The second-order valence-electron chi connectivity index (χ2n) is 11.1. The molecule has 44 heavy (non-hydrogen) atoms. The van der Waals surface area contributed by atoms with Crippen LogP contribution in [0.1, 0.15) is 5.56 Å². The number of benzene rings is 6. The number of furan rings is 1. The van der Waals surface area contributed by atoms with Crippen molar-refractivity contribution in [1.29, 1.82) is 0 Å². The van der Waals surface area contributed by atoms with Crippen molar-refractivity contribution in [1.82, 2.24) is 9.97 Å². The number of fused-ring (bicyclic) bond motifs is 7. The molecule has 0 amide bonds. The molecule has 1 N–H and O–H groups in total. The van der Waals surface area contributed by atoms with E-state index < -0.39 is 0 Å². The van der Waals surface area contributed by atoms with Gasteiger partial charge in [-0.2, -0.15) is 0 Å². The Morgan fingerprint density at radius 3 is 2.23 bits per heavy atom. The van der Waals surface area contributed by atoms with Crippen molar-refractivity contribution < 1.29 is 4.42 Å². The molecule has 0 saturated carbocycles. The fraction of sp³-hybridized carbons (Fsp3) is 0.0256. The molecule has 0 radical (unpaired) electrons. The molecule has 0 fully saturated rings. The van der Waals surface area contributed by atoms with Gasteiger partial charge in [-0.25, -0.2) is 9.97 Å². The van der Waals surface area contributed by atoms with E-state index in [2.05, 4.69) is 121 Å². The van der Waals surface area contributed by atoms with Crippen LogP contribution >= 0.6 is 11.3 Å². The highest BCUT2D eigenvalue weighted by molar-refractivity contribution is 7.26. The first kappa shape index (κ1) is 25.0. The number of aromatic nitrogens is 2. The monoisotopic (exact) mass is 583 g/mol. The summed E-state index contributed by atoms with van der Waals surface area (Å²) in [7, 11) is 0. The Hall–Kier alpha value is -5.52. The summed E-state index contributed by atoms with van der Waals surface area (Å²) in [5, 5.41) is 9.49. The van der Waals surface area contributed by atoms with Gasteiger partial charge in [0.1, 0.15) is 11.2 Å². The zero-order valence-electron chi connectivity index (χ0n) is 23.8. The summed E-state index contributed by atoms with van der Waals surface area (Å²) < 4.78 is 8.61. The molecule has 5 heteroatoms. The third-order valence-electron chi connectivity index (χ3n) is 8.43. The van der Waals surface area contributed by atoms with E-state index in [1.807, 2.05) is 18.2 Å². The van der Waals surface area contributed by atoms with Gasteiger partial charge in [0, 0.05) is 32.1 Å². The second kappa shape index (κ2) is 9.76. The van der Waals surface area contributed by atoms with E-state index in [0.717, 1.165) is 60.2 Å². The zero-order valence-corrected chi connectivity index (χ0v) is 24.7. The highest BCUT2D eigenvalue weighted by Gasteiger charge is 2.20. The van der Waals surface area contributed by atoms with Crippen LogP contribution in [0.2, 0.25) is 0 Å². The Kier molecular flexibility index (Phi) is 5.55. The fourth-order valence-electron chi connectivity index (χ4n) is 6.32. The lowest BCUT2D eigenvalue weighted by Gasteiger charge is -2.16. The number of rotatable bonds is 4. The molecule has 0 aliphatic carbocycles. The molecule has 0 aliphatic heterocycles. The largest absolute Gasteiger partial charge is 0.455 e. The predicted octanol–water partition coefficient (Wildman–Crippen LogP) is 11.3. The Morgan fingerprint density at radius 1 is 0.614 bits per heavy atom. The number of thiophene rings is 1. The van der Waals surface area contributed by atoms with Crippen molar-refractivity contribution >= 4 is 75.9 Å². The molecule has 3 aromatic heterocycles. The van der Waals surface area contributed by atoms with E-state index in [4.69, 9.17) is 14.4 Å². The summed E-state index contributed by atoms with van der Waals surface area (Å²) in [6.07, 6.45) is 0. The maximum Gasteiger partial charge on any atom is 0.166 e. The molecular weight excluding hydrogens is 559 g/mol. The third-order valence-corrected chi connectivity index (χ3v) is 9.59. The second-order valence-corrected chi connectivity index (χ2v) is 12.2. The van der Waals surface area contributed by atoms with Gasteiger partial charge in [-0.05, 0) is 59.2 Å². The Labute approximate surface area is 257 Å². The number of hydrogen-bond acceptors (Lipinski definition) is 5. The van der Waals surface area contributed by atoms with Crippen LogP contribution in [0.4, 0.5) is 11.5 Å². The smallest absolute Gasteiger partial charge is 0.166 e. The van der Waals surface area contributed by atoms with Crippen LogP contribution in [0.3, 0.4) is 0 Å². The van der Waals surface area contributed by atoms with E-state index in [9.17, 15) is 0 Å². The Balaban J connectivity index is 1.27. The topological polar surface area (TPSA) is 51.0 Å². The first-order valence-corrected chi connectivity index (χ1v) is 15.5. The minimum Gasteiger partial charge on any atom is -0.455 e. The molecule has 208 valence electrons. The van der Waals surface area contributed by atoms with Crippen LogP contribution in [-0.4, -0.2) is 9.97 Å². The molecule has 9 rings (SSSR count). The molecule has 3 heterocycles. The van der Waals surface area contributed by atoms with Gasteiger partial charge in [-0.15, -0.1) is 11.3 Å². The molecule has 0 spiro atoms. The molecular formula is C39H25N3OS. The van der Waals surface area contributed by atoms with Crippen molar-refractivity contribution in [3.05, 3.63) is 133 Å². The number of nitrogens with zero attached hydrogens (tertiary/aromatic N) is 2. The van der Waals surface area contributed by atoms with E-state index in [-0.39, 0.29) is 0 Å². The van der Waals surface area contributed by atoms with Crippen LogP contribution < -0.4 is 5.32 Å². The maximum atomic E-state index is 6.40. The van der Waals surface area contributed by atoms with Gasteiger partial charge in [-0.3, -0.25) is 0 Å². The number of anilines is 2. The lowest BCUT2D eigenvalue weighted by atomic mass is 9.95. The average Bonchev–Trinajstić information content (AvgIpc) is 3.64. The van der Waals surface area contributed by atoms with E-state index in [0.29, 0.717) is 5.82 Å². The third kappa shape index (κ3) is 3.90. The lowest BCUT2D eigenvalue weighted by Crippen LogP contribution is -2.00. The lowest BCUT2D eigenvalue weighted by molar-refractivity contribution is 0.669. The summed E-state index contributed by atoms with van der Waals surface area (Å²) in [5.41, 5.74) is 8.01. The minimum atomic E-state index is 0.632. The average molecular weight is 584 g/mol. The highest BCUT2D eigenvalue weighted by atomic mass is 32.1. The molecule has 0 saturated heterocycles. The minimum absolute atomic E-state index is 0.632. The van der Waals surface area contributed by atoms with Crippen molar-refractivity contribution in [2.45, 2.75) is 6.92 Å². The van der Waals surface area contributed by atoms with E-state index >= 15 is 0 Å². The summed E-state index contributed by atoms with van der Waals surface area (Å²) >= 11 is 1.71.